The van der Waals surface area contributed by atoms with Crippen molar-refractivity contribution in [1.82, 2.24) is 5.32 Å². The number of nitrogens with one attached hydrogen (secondary N) is 2. The Balaban J connectivity index is 0.00000225. The van der Waals surface area contributed by atoms with Gasteiger partial charge < -0.3 is 10.2 Å². The molecule has 0 radical (unpaired) electrons. The predicted molar refractivity (Wildman–Crippen MR) is 113 cm³/mol. The van der Waals surface area contributed by atoms with Gasteiger partial charge in [-0.1, -0.05) is 24.3 Å². The minimum absolute atomic E-state index is 0. The molecule has 0 aliphatic carbocycles. The molecule has 28 heavy (non-hydrogen) atoms. The van der Waals surface area contributed by atoms with Gasteiger partial charge in [-0.2, -0.15) is 0 Å². The highest BCUT2D eigenvalue weighted by Gasteiger charge is 2.18. The fraction of sp³-hybridized carbons (Fsp3) is 0.200. The van der Waals surface area contributed by atoms with Crippen LogP contribution in [0.25, 0.3) is 10.8 Å². The van der Waals surface area contributed by atoms with E-state index in [0.717, 1.165) is 54.8 Å². The van der Waals surface area contributed by atoms with Crippen LogP contribution in [0.1, 0.15) is 0 Å². The first kappa shape index (κ1) is 20.4. The second-order valence-corrected chi connectivity index (χ2v) is 8.16. The van der Waals surface area contributed by atoms with Crippen molar-refractivity contribution in [2.24, 2.45) is 0 Å². The zero-order chi connectivity index (χ0) is 18.9. The summed E-state index contributed by atoms with van der Waals surface area (Å²) in [6.45, 7) is 3.66. The summed E-state index contributed by atoms with van der Waals surface area (Å²) >= 11 is 0. The van der Waals surface area contributed by atoms with E-state index in [1.165, 1.54) is 12.1 Å². The third-order valence-electron chi connectivity index (χ3n) is 4.73. The zero-order valence-corrected chi connectivity index (χ0v) is 16.7. The number of rotatable bonds is 4. The van der Waals surface area contributed by atoms with E-state index in [2.05, 4.69) is 14.9 Å². The van der Waals surface area contributed by atoms with Crippen LogP contribution in [-0.4, -0.2) is 34.6 Å². The highest BCUT2D eigenvalue weighted by Crippen LogP contribution is 2.33. The van der Waals surface area contributed by atoms with Crippen LogP contribution in [0.5, 0.6) is 0 Å². The fourth-order valence-corrected chi connectivity index (χ4v) is 4.45. The van der Waals surface area contributed by atoms with Gasteiger partial charge in [0.1, 0.15) is 5.82 Å². The van der Waals surface area contributed by atoms with Gasteiger partial charge in [0.05, 0.1) is 10.6 Å². The Morgan fingerprint density at radius 1 is 0.893 bits per heavy atom. The Hall–Kier alpha value is -2.35. The van der Waals surface area contributed by atoms with Crippen LogP contribution in [-0.2, 0) is 10.0 Å². The van der Waals surface area contributed by atoms with Crippen molar-refractivity contribution in [3.05, 3.63) is 66.5 Å². The Labute approximate surface area is 170 Å². The van der Waals surface area contributed by atoms with Crippen LogP contribution in [0, 0.1) is 5.82 Å². The lowest BCUT2D eigenvalue weighted by Crippen LogP contribution is -2.43. The lowest BCUT2D eigenvalue weighted by atomic mass is 10.1. The lowest BCUT2D eigenvalue weighted by Gasteiger charge is -2.30. The molecule has 0 amide bonds. The van der Waals surface area contributed by atoms with Gasteiger partial charge in [-0.15, -0.1) is 12.4 Å². The second kappa shape index (κ2) is 8.34. The summed E-state index contributed by atoms with van der Waals surface area (Å²) in [5.41, 5.74) is 1.60. The third kappa shape index (κ3) is 4.06. The van der Waals surface area contributed by atoms with E-state index >= 15 is 0 Å². The average Bonchev–Trinajstić information content (AvgIpc) is 2.69. The first-order valence-corrected chi connectivity index (χ1v) is 10.3. The molecule has 0 spiro atoms. The minimum atomic E-state index is -3.80. The highest BCUT2D eigenvalue weighted by atomic mass is 35.5. The summed E-state index contributed by atoms with van der Waals surface area (Å²) in [4.78, 5) is 2.33. The molecule has 0 unspecified atom stereocenters. The fourth-order valence-electron chi connectivity index (χ4n) is 3.37. The van der Waals surface area contributed by atoms with E-state index in [0.29, 0.717) is 5.69 Å². The molecule has 3 aromatic carbocycles. The quantitative estimate of drug-likeness (QED) is 0.675. The largest absolute Gasteiger partial charge is 0.368 e. The molecule has 148 valence electrons. The number of benzene rings is 3. The van der Waals surface area contributed by atoms with Gasteiger partial charge >= 0.3 is 0 Å². The van der Waals surface area contributed by atoms with Crippen molar-refractivity contribution in [3.63, 3.8) is 0 Å². The van der Waals surface area contributed by atoms with Gasteiger partial charge in [-0.05, 0) is 36.4 Å². The molecule has 3 aromatic rings. The van der Waals surface area contributed by atoms with Crippen LogP contribution < -0.4 is 14.9 Å². The highest BCUT2D eigenvalue weighted by molar-refractivity contribution is 7.92. The van der Waals surface area contributed by atoms with Gasteiger partial charge in [0.2, 0.25) is 0 Å². The number of fused-ring (bicyclic) bond motifs is 1. The van der Waals surface area contributed by atoms with Crippen LogP contribution in [0.2, 0.25) is 0 Å². The summed E-state index contributed by atoms with van der Waals surface area (Å²) in [6, 6.07) is 16.3. The van der Waals surface area contributed by atoms with Gasteiger partial charge in [0.25, 0.3) is 10.0 Å². The summed E-state index contributed by atoms with van der Waals surface area (Å²) < 4.78 is 41.1. The van der Waals surface area contributed by atoms with Crippen molar-refractivity contribution < 1.29 is 12.8 Å². The van der Waals surface area contributed by atoms with Crippen molar-refractivity contribution in [2.75, 3.05) is 35.8 Å². The van der Waals surface area contributed by atoms with Crippen molar-refractivity contribution in [3.8, 4) is 0 Å². The molecule has 8 heteroatoms. The van der Waals surface area contributed by atoms with E-state index in [1.54, 1.807) is 6.07 Å². The molecular formula is C20H21ClFN3O2S. The molecule has 4 rings (SSSR count). The molecule has 2 N–H and O–H groups in total. The molecule has 1 fully saturated rings. The van der Waals surface area contributed by atoms with Crippen LogP contribution in [0.3, 0.4) is 0 Å². The van der Waals surface area contributed by atoms with E-state index in [1.807, 2.05) is 30.3 Å². The predicted octanol–water partition coefficient (Wildman–Crippen LogP) is 3.61. The molecule has 0 atom stereocenters. The van der Waals surface area contributed by atoms with E-state index in [4.69, 9.17) is 0 Å². The van der Waals surface area contributed by atoms with E-state index < -0.39 is 15.8 Å². The zero-order valence-electron chi connectivity index (χ0n) is 15.1. The van der Waals surface area contributed by atoms with Crippen molar-refractivity contribution >= 4 is 44.6 Å². The molecular weight excluding hydrogens is 401 g/mol. The maximum atomic E-state index is 13.1. The number of piperazine rings is 1. The number of anilines is 2. The first-order valence-electron chi connectivity index (χ1n) is 8.80. The number of hydrogen-bond acceptors (Lipinski definition) is 4. The first-order chi connectivity index (χ1) is 13.0. The molecule has 0 saturated carbocycles. The van der Waals surface area contributed by atoms with Gasteiger partial charge in [-0.3, -0.25) is 4.72 Å². The SMILES string of the molecule is Cl.O=S(=O)(Nc1ccc(N2CCNCC2)c2ccccc12)c1ccc(F)cc1. The minimum Gasteiger partial charge on any atom is -0.368 e. The molecule has 1 aliphatic heterocycles. The summed E-state index contributed by atoms with van der Waals surface area (Å²) in [5.74, 6) is -0.472. The third-order valence-corrected chi connectivity index (χ3v) is 6.11. The van der Waals surface area contributed by atoms with Crippen molar-refractivity contribution in [2.45, 2.75) is 4.90 Å². The molecule has 0 aromatic heterocycles. The standard InChI is InChI=1S/C20H20FN3O2S.ClH/c21-15-5-7-16(8-6-15)27(25,26)23-19-9-10-20(24-13-11-22-12-14-24)18-4-2-1-3-17(18)19;/h1-10,22-23H,11-14H2;1H. The van der Waals surface area contributed by atoms with Crippen LogP contribution in [0.4, 0.5) is 15.8 Å². The van der Waals surface area contributed by atoms with Crippen molar-refractivity contribution in [1.29, 1.82) is 0 Å². The van der Waals surface area contributed by atoms with Gasteiger partial charge in [0.15, 0.2) is 0 Å². The monoisotopic (exact) mass is 421 g/mol. The van der Waals surface area contributed by atoms with Crippen LogP contribution >= 0.6 is 12.4 Å². The smallest absolute Gasteiger partial charge is 0.261 e. The number of hydrogen-bond donors (Lipinski definition) is 2. The number of nitrogens with zero attached hydrogens (tertiary/aromatic N) is 1. The maximum absolute atomic E-state index is 13.1. The Bertz CT molecular complexity index is 1070. The van der Waals surface area contributed by atoms with Gasteiger partial charge in [0, 0.05) is 42.6 Å². The molecule has 1 saturated heterocycles. The topological polar surface area (TPSA) is 61.4 Å². The Morgan fingerprint density at radius 3 is 2.21 bits per heavy atom. The average molecular weight is 422 g/mol. The summed E-state index contributed by atoms with van der Waals surface area (Å²) in [6.07, 6.45) is 0. The normalized spacial score (nSPS) is 14.5. The summed E-state index contributed by atoms with van der Waals surface area (Å²) in [5, 5.41) is 5.17. The van der Waals surface area contributed by atoms with Gasteiger partial charge in [-0.25, -0.2) is 12.8 Å². The lowest BCUT2D eigenvalue weighted by molar-refractivity contribution is 0.590. The summed E-state index contributed by atoms with van der Waals surface area (Å²) in [7, 11) is -3.80. The Kier molecular flexibility index (Phi) is 6.07. The molecule has 1 heterocycles. The second-order valence-electron chi connectivity index (χ2n) is 6.47. The molecule has 5 nitrogen and oxygen atoms in total. The maximum Gasteiger partial charge on any atom is 0.261 e. The Morgan fingerprint density at radius 2 is 1.54 bits per heavy atom. The number of sulfonamides is 1. The molecule has 1 aliphatic rings. The van der Waals surface area contributed by atoms with Crippen LogP contribution in [0.15, 0.2) is 65.6 Å². The van der Waals surface area contributed by atoms with E-state index in [9.17, 15) is 12.8 Å². The molecule has 0 bridgehead atoms. The number of halogens is 2. The van der Waals surface area contributed by atoms with E-state index in [-0.39, 0.29) is 17.3 Å².